The lowest BCUT2D eigenvalue weighted by Crippen LogP contribution is -2.33. The SMILES string of the molecule is CC(=O)NC[C@H]1CN(c2cc(F)c(-c3ccc(CO[C@@H]4COc5nc([N+](=O)[O-])cn5C4)cc3)c(F)c2)C(=O)O1. The maximum absolute atomic E-state index is 15.0. The summed E-state index contributed by atoms with van der Waals surface area (Å²) in [6.07, 6.45) is -0.483. The highest BCUT2D eigenvalue weighted by Crippen LogP contribution is 2.32. The third kappa shape index (κ3) is 5.65. The van der Waals surface area contributed by atoms with Crippen molar-refractivity contribution in [3.8, 4) is 17.1 Å². The number of carbonyl (C=O) groups is 2. The molecule has 2 aromatic carbocycles. The highest BCUT2D eigenvalue weighted by Gasteiger charge is 2.33. The Morgan fingerprint density at radius 2 is 1.95 bits per heavy atom. The van der Waals surface area contributed by atoms with Gasteiger partial charge in [0.05, 0.1) is 37.5 Å². The summed E-state index contributed by atoms with van der Waals surface area (Å²) in [6, 6.07) is 8.75. The number of benzene rings is 2. The summed E-state index contributed by atoms with van der Waals surface area (Å²) >= 11 is 0. The highest BCUT2D eigenvalue weighted by atomic mass is 19.1. The average Bonchev–Trinajstić information content (AvgIpc) is 3.49. The normalized spacial score (nSPS) is 18.3. The van der Waals surface area contributed by atoms with Crippen LogP contribution in [0, 0.1) is 21.7 Å². The summed E-state index contributed by atoms with van der Waals surface area (Å²) in [5.74, 6) is -2.29. The van der Waals surface area contributed by atoms with Gasteiger partial charge in [0, 0.05) is 11.9 Å². The number of halogens is 2. The van der Waals surface area contributed by atoms with Crippen LogP contribution in [0.2, 0.25) is 0 Å². The summed E-state index contributed by atoms with van der Waals surface area (Å²) < 4.78 is 48.0. The van der Waals surface area contributed by atoms with Crippen LogP contribution in [0.4, 0.5) is 25.1 Å². The molecule has 1 aromatic heterocycles. The number of nitro groups is 1. The van der Waals surface area contributed by atoms with E-state index >= 15 is 8.78 Å². The molecule has 204 valence electrons. The van der Waals surface area contributed by atoms with Crippen LogP contribution in [0.1, 0.15) is 12.5 Å². The van der Waals surface area contributed by atoms with Crippen molar-refractivity contribution >= 4 is 23.5 Å². The molecule has 2 atom stereocenters. The molecule has 0 saturated carbocycles. The van der Waals surface area contributed by atoms with Gasteiger partial charge in [-0.1, -0.05) is 24.3 Å². The van der Waals surface area contributed by atoms with Crippen molar-refractivity contribution in [3.05, 3.63) is 69.9 Å². The first-order valence-corrected chi connectivity index (χ1v) is 11.9. The number of cyclic esters (lactones) is 1. The van der Waals surface area contributed by atoms with E-state index in [1.54, 1.807) is 24.3 Å². The van der Waals surface area contributed by atoms with Crippen LogP contribution in [0.5, 0.6) is 6.01 Å². The minimum Gasteiger partial charge on any atom is -0.443 e. The standard InChI is InChI=1S/C25H23F2N5O7/c1-14(33)28-8-18-10-31(25(34)39-18)17-6-20(26)23(21(27)7-17)16-4-2-15(3-5-16)12-37-19-9-30-11-22(32(35)36)29-24(30)38-13-19/h2-7,11,18-19H,8-10,12-13H2,1H3,(H,28,33)/t18-,19-/m0/s1. The zero-order chi connectivity index (χ0) is 27.7. The van der Waals surface area contributed by atoms with Gasteiger partial charge in [-0.25, -0.2) is 13.6 Å². The Balaban J connectivity index is 1.22. The van der Waals surface area contributed by atoms with E-state index in [1.165, 1.54) is 17.7 Å². The smallest absolute Gasteiger partial charge is 0.414 e. The quantitative estimate of drug-likeness (QED) is 0.338. The molecule has 1 N–H and O–H groups in total. The molecule has 0 bridgehead atoms. The predicted octanol–water partition coefficient (Wildman–Crippen LogP) is 3.18. The zero-order valence-electron chi connectivity index (χ0n) is 20.6. The Labute approximate surface area is 220 Å². The lowest BCUT2D eigenvalue weighted by molar-refractivity contribution is -0.389. The lowest BCUT2D eigenvalue weighted by atomic mass is 10.0. The minimum atomic E-state index is -0.850. The lowest BCUT2D eigenvalue weighted by Gasteiger charge is -2.22. The molecule has 5 rings (SSSR count). The maximum Gasteiger partial charge on any atom is 0.414 e. The van der Waals surface area contributed by atoms with E-state index in [9.17, 15) is 19.7 Å². The number of anilines is 1. The van der Waals surface area contributed by atoms with E-state index in [2.05, 4.69) is 10.3 Å². The number of nitrogens with zero attached hydrogens (tertiary/aromatic N) is 4. The number of ether oxygens (including phenoxy) is 3. The van der Waals surface area contributed by atoms with Gasteiger partial charge in [-0.3, -0.25) is 14.3 Å². The molecule has 3 aromatic rings. The van der Waals surface area contributed by atoms with Gasteiger partial charge in [-0.15, -0.1) is 0 Å². The first-order valence-electron chi connectivity index (χ1n) is 11.9. The van der Waals surface area contributed by atoms with E-state index in [0.717, 1.165) is 22.6 Å². The number of hydrogen-bond acceptors (Lipinski definition) is 8. The van der Waals surface area contributed by atoms with E-state index in [4.69, 9.17) is 14.2 Å². The molecule has 0 radical (unpaired) electrons. The Bertz CT molecular complexity index is 1410. The molecule has 0 unspecified atom stereocenters. The first kappa shape index (κ1) is 26.0. The van der Waals surface area contributed by atoms with Crippen molar-refractivity contribution < 1.29 is 37.5 Å². The monoisotopic (exact) mass is 543 g/mol. The topological polar surface area (TPSA) is 138 Å². The molecule has 2 amide bonds. The Morgan fingerprint density at radius 3 is 2.62 bits per heavy atom. The van der Waals surface area contributed by atoms with Crippen LogP contribution in [-0.4, -0.2) is 58.4 Å². The molecule has 3 heterocycles. The Hall–Kier alpha value is -4.59. The minimum absolute atomic E-state index is 0.00942. The van der Waals surface area contributed by atoms with Crippen LogP contribution in [0.3, 0.4) is 0 Å². The number of hydrogen-bond donors (Lipinski definition) is 1. The van der Waals surface area contributed by atoms with Crippen molar-refractivity contribution in [2.24, 2.45) is 0 Å². The van der Waals surface area contributed by atoms with Crippen LogP contribution in [0.15, 0.2) is 42.6 Å². The average molecular weight is 543 g/mol. The molecule has 14 heteroatoms. The molecule has 12 nitrogen and oxygen atoms in total. The first-order chi connectivity index (χ1) is 18.7. The van der Waals surface area contributed by atoms with Gasteiger partial charge in [0.25, 0.3) is 0 Å². The fraction of sp³-hybridized carbons (Fsp3) is 0.320. The van der Waals surface area contributed by atoms with Crippen LogP contribution in [0.25, 0.3) is 11.1 Å². The van der Waals surface area contributed by atoms with E-state index in [0.29, 0.717) is 12.1 Å². The third-order valence-corrected chi connectivity index (χ3v) is 6.23. The fourth-order valence-corrected chi connectivity index (χ4v) is 4.33. The highest BCUT2D eigenvalue weighted by molar-refractivity contribution is 5.90. The van der Waals surface area contributed by atoms with E-state index < -0.39 is 28.8 Å². The van der Waals surface area contributed by atoms with Gasteiger partial charge >= 0.3 is 17.9 Å². The molecule has 1 fully saturated rings. The second-order valence-corrected chi connectivity index (χ2v) is 9.07. The van der Waals surface area contributed by atoms with Gasteiger partial charge in [0.1, 0.15) is 36.6 Å². The van der Waals surface area contributed by atoms with Gasteiger partial charge in [-0.2, -0.15) is 0 Å². The molecular formula is C25H23F2N5O7. The summed E-state index contributed by atoms with van der Waals surface area (Å²) in [4.78, 5) is 38.5. The largest absolute Gasteiger partial charge is 0.443 e. The van der Waals surface area contributed by atoms with Crippen molar-refractivity contribution in [2.45, 2.75) is 32.3 Å². The molecule has 0 spiro atoms. The molecule has 2 aliphatic rings. The summed E-state index contributed by atoms with van der Waals surface area (Å²) in [7, 11) is 0. The second kappa shape index (κ2) is 10.6. The third-order valence-electron chi connectivity index (χ3n) is 6.23. The number of carbonyl (C=O) groups excluding carboxylic acids is 2. The number of imidazole rings is 1. The molecule has 0 aliphatic carbocycles. The number of aromatic nitrogens is 2. The fourth-order valence-electron chi connectivity index (χ4n) is 4.33. The molecular weight excluding hydrogens is 520 g/mol. The van der Waals surface area contributed by atoms with Crippen LogP contribution in [-0.2, 0) is 27.4 Å². The zero-order valence-corrected chi connectivity index (χ0v) is 20.6. The van der Waals surface area contributed by atoms with Gasteiger partial charge in [0.2, 0.25) is 5.91 Å². The molecule has 2 aliphatic heterocycles. The summed E-state index contributed by atoms with van der Waals surface area (Å²) in [5.41, 5.74) is 0.798. The van der Waals surface area contributed by atoms with Gasteiger partial charge in [0.15, 0.2) is 0 Å². The predicted molar refractivity (Wildman–Crippen MR) is 131 cm³/mol. The molecule has 39 heavy (non-hydrogen) atoms. The number of amides is 2. The Morgan fingerprint density at radius 1 is 1.23 bits per heavy atom. The number of nitrogens with one attached hydrogen (secondary N) is 1. The van der Waals surface area contributed by atoms with Crippen molar-refractivity contribution in [1.29, 1.82) is 0 Å². The summed E-state index contributed by atoms with van der Waals surface area (Å²) in [6.45, 7) is 2.15. The number of rotatable bonds is 8. The maximum atomic E-state index is 15.0. The van der Waals surface area contributed by atoms with Crippen LogP contribution < -0.4 is 15.0 Å². The molecule has 1 saturated heterocycles. The van der Waals surface area contributed by atoms with Crippen molar-refractivity contribution in [3.63, 3.8) is 0 Å². The van der Waals surface area contributed by atoms with Gasteiger partial charge in [-0.05, 0) is 28.2 Å². The second-order valence-electron chi connectivity index (χ2n) is 9.07. The van der Waals surface area contributed by atoms with Crippen LogP contribution >= 0.6 is 0 Å². The number of fused-ring (bicyclic) bond motifs is 1. The van der Waals surface area contributed by atoms with Gasteiger partial charge < -0.3 is 29.6 Å². The Kier molecular flexibility index (Phi) is 7.11. The summed E-state index contributed by atoms with van der Waals surface area (Å²) in [5, 5.41) is 13.4. The van der Waals surface area contributed by atoms with Crippen molar-refractivity contribution in [2.75, 3.05) is 24.6 Å². The van der Waals surface area contributed by atoms with E-state index in [1.807, 2.05) is 0 Å². The van der Waals surface area contributed by atoms with E-state index in [-0.39, 0.29) is 61.4 Å². The van der Waals surface area contributed by atoms with Crippen molar-refractivity contribution in [1.82, 2.24) is 14.9 Å².